The standard InChI is InChI=1S/C18H19N3O6S/c1-11-4-9-14(27-11)18(2)16(23)21(17(24)20-18)10-15(22)19-12-5-7-13(8-6-12)28(3,25)26/h4-9H,10H2,1-3H3,(H,19,22)(H,20,24). The van der Waals surface area contributed by atoms with Gasteiger partial charge in [-0.2, -0.15) is 0 Å². The molecule has 148 valence electrons. The lowest BCUT2D eigenvalue weighted by Gasteiger charge is -2.19. The SMILES string of the molecule is Cc1ccc(C2(C)NC(=O)N(CC(=O)Nc3ccc(S(C)(=O)=O)cc3)C2=O)o1. The molecule has 0 saturated carbocycles. The van der Waals surface area contributed by atoms with Gasteiger partial charge in [0.25, 0.3) is 5.91 Å². The van der Waals surface area contributed by atoms with Gasteiger partial charge in [-0.3, -0.25) is 14.5 Å². The largest absolute Gasteiger partial charge is 0.463 e. The fourth-order valence-electron chi connectivity index (χ4n) is 2.84. The number of anilines is 1. The second-order valence-electron chi connectivity index (χ2n) is 6.70. The van der Waals surface area contributed by atoms with Crippen LogP contribution in [0.5, 0.6) is 0 Å². The highest BCUT2D eigenvalue weighted by molar-refractivity contribution is 7.90. The fourth-order valence-corrected chi connectivity index (χ4v) is 3.47. The van der Waals surface area contributed by atoms with Crippen molar-refractivity contribution in [1.82, 2.24) is 10.2 Å². The van der Waals surface area contributed by atoms with Gasteiger partial charge in [0.1, 0.15) is 18.1 Å². The Balaban J connectivity index is 1.70. The van der Waals surface area contributed by atoms with Crippen molar-refractivity contribution in [1.29, 1.82) is 0 Å². The van der Waals surface area contributed by atoms with Gasteiger partial charge in [-0.15, -0.1) is 0 Å². The molecule has 1 atom stereocenters. The summed E-state index contributed by atoms with van der Waals surface area (Å²) in [5.41, 5.74) is -1.04. The molecule has 28 heavy (non-hydrogen) atoms. The van der Waals surface area contributed by atoms with Gasteiger partial charge in [0, 0.05) is 11.9 Å². The molecule has 9 nitrogen and oxygen atoms in total. The number of hydrogen-bond donors (Lipinski definition) is 2. The average Bonchev–Trinajstić information content (AvgIpc) is 3.13. The van der Waals surface area contributed by atoms with Crippen LogP contribution in [-0.4, -0.2) is 44.0 Å². The molecule has 1 aromatic heterocycles. The number of rotatable bonds is 5. The lowest BCUT2D eigenvalue weighted by molar-refractivity contribution is -0.134. The highest BCUT2D eigenvalue weighted by Crippen LogP contribution is 2.30. The number of amides is 4. The monoisotopic (exact) mass is 405 g/mol. The Hall–Kier alpha value is -3.14. The van der Waals surface area contributed by atoms with Crippen LogP contribution in [0.2, 0.25) is 0 Å². The number of nitrogens with zero attached hydrogens (tertiary/aromatic N) is 1. The first kappa shape index (κ1) is 19.6. The average molecular weight is 405 g/mol. The van der Waals surface area contributed by atoms with Crippen molar-refractivity contribution in [2.45, 2.75) is 24.3 Å². The molecule has 1 unspecified atom stereocenters. The van der Waals surface area contributed by atoms with Gasteiger partial charge in [0.05, 0.1) is 4.90 Å². The van der Waals surface area contributed by atoms with E-state index in [4.69, 9.17) is 4.42 Å². The summed E-state index contributed by atoms with van der Waals surface area (Å²) >= 11 is 0. The summed E-state index contributed by atoms with van der Waals surface area (Å²) in [6, 6.07) is 8.13. The number of nitrogens with one attached hydrogen (secondary N) is 2. The van der Waals surface area contributed by atoms with E-state index in [0.29, 0.717) is 11.4 Å². The highest BCUT2D eigenvalue weighted by atomic mass is 32.2. The van der Waals surface area contributed by atoms with Gasteiger partial charge in [0.2, 0.25) is 5.91 Å². The third kappa shape index (κ3) is 3.63. The molecular formula is C18H19N3O6S. The van der Waals surface area contributed by atoms with Crippen LogP contribution in [0, 0.1) is 6.92 Å². The molecule has 2 aromatic rings. The number of urea groups is 1. The van der Waals surface area contributed by atoms with E-state index in [1.807, 2.05) is 0 Å². The number of aryl methyl sites for hydroxylation is 1. The minimum atomic E-state index is -3.35. The minimum absolute atomic E-state index is 0.115. The van der Waals surface area contributed by atoms with Crippen molar-refractivity contribution < 1.29 is 27.2 Å². The molecule has 1 aliphatic rings. The molecule has 1 aromatic carbocycles. The van der Waals surface area contributed by atoms with Crippen molar-refractivity contribution in [2.75, 3.05) is 18.1 Å². The minimum Gasteiger partial charge on any atom is -0.463 e. The third-order valence-corrected chi connectivity index (χ3v) is 5.50. The Bertz CT molecular complexity index is 1060. The van der Waals surface area contributed by atoms with Crippen molar-refractivity contribution >= 4 is 33.4 Å². The molecule has 1 saturated heterocycles. The zero-order chi connectivity index (χ0) is 20.7. The zero-order valence-electron chi connectivity index (χ0n) is 15.5. The quantitative estimate of drug-likeness (QED) is 0.724. The summed E-state index contributed by atoms with van der Waals surface area (Å²) in [7, 11) is -3.35. The second-order valence-corrected chi connectivity index (χ2v) is 8.72. The van der Waals surface area contributed by atoms with Crippen molar-refractivity contribution in [3.05, 3.63) is 47.9 Å². The van der Waals surface area contributed by atoms with Crippen LogP contribution in [0.4, 0.5) is 10.5 Å². The predicted octanol–water partition coefficient (Wildman–Crippen LogP) is 1.40. The van der Waals surface area contributed by atoms with Crippen molar-refractivity contribution in [3.8, 4) is 0 Å². The summed E-state index contributed by atoms with van der Waals surface area (Å²) in [5, 5.41) is 5.08. The van der Waals surface area contributed by atoms with Gasteiger partial charge in [-0.1, -0.05) is 0 Å². The number of carbonyl (C=O) groups is 3. The number of imide groups is 1. The van der Waals surface area contributed by atoms with E-state index in [-0.39, 0.29) is 10.7 Å². The summed E-state index contributed by atoms with van der Waals surface area (Å²) in [5.74, 6) is -0.334. The highest BCUT2D eigenvalue weighted by Gasteiger charge is 2.51. The lowest BCUT2D eigenvalue weighted by atomic mass is 9.99. The van der Waals surface area contributed by atoms with E-state index in [1.165, 1.54) is 31.2 Å². The van der Waals surface area contributed by atoms with E-state index in [9.17, 15) is 22.8 Å². The number of hydrogen-bond acceptors (Lipinski definition) is 6. The van der Waals surface area contributed by atoms with E-state index in [0.717, 1.165) is 11.2 Å². The Labute approximate surface area is 161 Å². The number of carbonyl (C=O) groups excluding carboxylic acids is 3. The molecule has 0 aliphatic carbocycles. The molecule has 2 heterocycles. The fraction of sp³-hybridized carbons (Fsp3) is 0.278. The summed E-state index contributed by atoms with van der Waals surface area (Å²) in [6.45, 7) is 2.73. The molecule has 2 N–H and O–H groups in total. The normalized spacial score (nSPS) is 19.6. The summed E-state index contributed by atoms with van der Waals surface area (Å²) in [4.78, 5) is 38.1. The van der Waals surface area contributed by atoms with Gasteiger partial charge in [-0.25, -0.2) is 13.2 Å². The summed E-state index contributed by atoms with van der Waals surface area (Å²) < 4.78 is 28.4. The topological polar surface area (TPSA) is 126 Å². The molecule has 0 spiro atoms. The van der Waals surface area contributed by atoms with Gasteiger partial charge in [0.15, 0.2) is 15.4 Å². The first-order valence-electron chi connectivity index (χ1n) is 8.32. The molecule has 0 bridgehead atoms. The Morgan fingerprint density at radius 2 is 1.82 bits per heavy atom. The maximum atomic E-state index is 12.7. The van der Waals surface area contributed by atoms with Crippen LogP contribution in [0.3, 0.4) is 0 Å². The molecule has 10 heteroatoms. The van der Waals surface area contributed by atoms with Crippen LogP contribution in [0.15, 0.2) is 45.7 Å². The molecule has 4 amide bonds. The number of benzene rings is 1. The smallest absolute Gasteiger partial charge is 0.325 e. The van der Waals surface area contributed by atoms with E-state index >= 15 is 0 Å². The van der Waals surface area contributed by atoms with Gasteiger partial charge in [-0.05, 0) is 50.2 Å². The Morgan fingerprint density at radius 1 is 1.18 bits per heavy atom. The lowest BCUT2D eigenvalue weighted by Crippen LogP contribution is -2.41. The molecule has 1 fully saturated rings. The maximum absolute atomic E-state index is 12.7. The molecule has 0 radical (unpaired) electrons. The molecule has 3 rings (SSSR count). The van der Waals surface area contributed by atoms with Crippen LogP contribution in [0.25, 0.3) is 0 Å². The Kier molecular flexibility index (Phi) is 4.76. The molecule has 1 aliphatic heterocycles. The van der Waals surface area contributed by atoms with Crippen LogP contribution in [-0.2, 0) is 25.0 Å². The van der Waals surface area contributed by atoms with Crippen LogP contribution < -0.4 is 10.6 Å². The maximum Gasteiger partial charge on any atom is 0.325 e. The second kappa shape index (κ2) is 6.79. The predicted molar refractivity (Wildman–Crippen MR) is 99.2 cm³/mol. The van der Waals surface area contributed by atoms with E-state index < -0.39 is 39.8 Å². The van der Waals surface area contributed by atoms with Crippen LogP contribution >= 0.6 is 0 Å². The van der Waals surface area contributed by atoms with Crippen molar-refractivity contribution in [3.63, 3.8) is 0 Å². The van der Waals surface area contributed by atoms with Crippen LogP contribution in [0.1, 0.15) is 18.4 Å². The van der Waals surface area contributed by atoms with E-state index in [2.05, 4.69) is 10.6 Å². The third-order valence-electron chi connectivity index (χ3n) is 4.38. The van der Waals surface area contributed by atoms with Crippen molar-refractivity contribution in [2.24, 2.45) is 0 Å². The van der Waals surface area contributed by atoms with Gasteiger partial charge >= 0.3 is 6.03 Å². The zero-order valence-corrected chi connectivity index (χ0v) is 16.3. The molecular weight excluding hydrogens is 386 g/mol. The number of sulfone groups is 1. The first-order chi connectivity index (χ1) is 13.0. The number of furan rings is 1. The summed E-state index contributed by atoms with van der Waals surface area (Å²) in [6.07, 6.45) is 1.08. The van der Waals surface area contributed by atoms with E-state index in [1.54, 1.807) is 19.1 Å². The first-order valence-corrected chi connectivity index (χ1v) is 10.2. The Morgan fingerprint density at radius 3 is 2.36 bits per heavy atom. The van der Waals surface area contributed by atoms with Gasteiger partial charge < -0.3 is 15.1 Å².